The van der Waals surface area contributed by atoms with Crippen LogP contribution >= 0.6 is 0 Å². The first-order valence-corrected chi connectivity index (χ1v) is 13.4. The predicted molar refractivity (Wildman–Crippen MR) is 145 cm³/mol. The number of rotatable bonds is 7. The number of hydrogen-bond acceptors (Lipinski definition) is 4. The highest BCUT2D eigenvalue weighted by Gasteiger charge is 2.38. The molecule has 0 spiro atoms. The molecule has 2 aromatic carbocycles. The zero-order chi connectivity index (χ0) is 27.5. The fraction of sp³-hybridized carbons (Fsp3) is 0.400. The summed E-state index contributed by atoms with van der Waals surface area (Å²) < 4.78 is 32.1. The Kier molecular flexibility index (Phi) is 7.97. The van der Waals surface area contributed by atoms with Crippen molar-refractivity contribution in [1.29, 1.82) is 0 Å². The molecule has 0 bridgehead atoms. The van der Waals surface area contributed by atoms with Crippen molar-refractivity contribution in [1.82, 2.24) is 14.8 Å². The fourth-order valence-electron chi connectivity index (χ4n) is 6.12. The molecule has 9 heteroatoms. The smallest absolute Gasteiger partial charge is 0.321 e. The van der Waals surface area contributed by atoms with Gasteiger partial charge in [0.2, 0.25) is 5.91 Å². The lowest BCUT2D eigenvalue weighted by Crippen LogP contribution is -2.52. The number of nitrogens with zero attached hydrogens (tertiary/aromatic N) is 2. The number of carbonyl (C=O) groups is 2. The molecular weight excluding hydrogens is 504 g/mol. The van der Waals surface area contributed by atoms with E-state index in [2.05, 4.69) is 22.1 Å². The maximum Gasteiger partial charge on any atom is 0.321 e. The minimum atomic E-state index is -0.814. The average molecular weight is 538 g/mol. The standard InChI is InChI=1S/C30H33F2N3O4/c1-39-24-3-4-25-26(18-33-27(25)17-24)20-6-12-35(13-7-20)29(30(37)38)21-8-10-34(11-9-21)28(36)5-2-19-14-22(31)16-23(32)15-19/h2-5,14-18,20-21,29,33H,6-13H2,1H3,(H,37,38). The van der Waals surface area contributed by atoms with Crippen LogP contribution in [0.15, 0.2) is 48.7 Å². The van der Waals surface area contributed by atoms with Crippen LogP contribution in [-0.4, -0.2) is 71.1 Å². The van der Waals surface area contributed by atoms with Crippen LogP contribution in [0.2, 0.25) is 0 Å². The molecule has 2 fully saturated rings. The van der Waals surface area contributed by atoms with E-state index in [0.29, 0.717) is 44.9 Å². The molecule has 1 atom stereocenters. The van der Waals surface area contributed by atoms with Crippen molar-refractivity contribution in [2.75, 3.05) is 33.3 Å². The Balaban J connectivity index is 1.17. The predicted octanol–water partition coefficient (Wildman–Crippen LogP) is 5.04. The van der Waals surface area contributed by atoms with Crippen molar-refractivity contribution < 1.29 is 28.2 Å². The fourth-order valence-corrected chi connectivity index (χ4v) is 6.12. The van der Waals surface area contributed by atoms with Gasteiger partial charge in [0.15, 0.2) is 0 Å². The summed E-state index contributed by atoms with van der Waals surface area (Å²) in [6.07, 6.45) is 7.72. The number of ether oxygens (including phenoxy) is 1. The molecule has 206 valence electrons. The number of carboxylic acids is 1. The molecule has 0 radical (unpaired) electrons. The number of hydrogen-bond donors (Lipinski definition) is 2. The summed E-state index contributed by atoms with van der Waals surface area (Å²) in [5, 5.41) is 11.3. The van der Waals surface area contributed by atoms with Crippen LogP contribution in [0.4, 0.5) is 8.78 Å². The third kappa shape index (κ3) is 5.98. The van der Waals surface area contributed by atoms with E-state index in [1.54, 1.807) is 12.0 Å². The number of carboxylic acid groups (broad SMARTS) is 1. The number of halogens is 2. The number of fused-ring (bicyclic) bond motifs is 1. The summed E-state index contributed by atoms with van der Waals surface area (Å²) in [4.78, 5) is 32.1. The SMILES string of the molecule is COc1ccc2c(C3CCN(C(C(=O)O)C4CCN(C(=O)C=Cc5cc(F)cc(F)c5)CC4)CC3)c[nH]c2c1. The number of aromatic nitrogens is 1. The van der Waals surface area contributed by atoms with Crippen LogP contribution in [0, 0.1) is 17.6 Å². The van der Waals surface area contributed by atoms with Gasteiger partial charge in [-0.05, 0) is 92.1 Å². The number of amides is 1. The summed E-state index contributed by atoms with van der Waals surface area (Å²) in [5.41, 5.74) is 2.58. The molecule has 1 aromatic heterocycles. The van der Waals surface area contributed by atoms with Crippen LogP contribution in [-0.2, 0) is 9.59 Å². The number of H-pyrrole nitrogens is 1. The Bertz CT molecular complexity index is 1350. The van der Waals surface area contributed by atoms with E-state index in [-0.39, 0.29) is 17.4 Å². The number of benzene rings is 2. The molecule has 2 aliphatic heterocycles. The summed E-state index contributed by atoms with van der Waals surface area (Å²) in [6.45, 7) is 2.31. The lowest BCUT2D eigenvalue weighted by atomic mass is 9.84. The highest BCUT2D eigenvalue weighted by Crippen LogP contribution is 2.36. The molecule has 0 saturated carbocycles. The maximum absolute atomic E-state index is 13.4. The summed E-state index contributed by atoms with van der Waals surface area (Å²) in [7, 11) is 1.65. The van der Waals surface area contributed by atoms with Crippen molar-refractivity contribution >= 4 is 28.9 Å². The van der Waals surface area contributed by atoms with Gasteiger partial charge in [-0.3, -0.25) is 14.5 Å². The van der Waals surface area contributed by atoms with Gasteiger partial charge in [-0.25, -0.2) is 8.78 Å². The molecule has 3 heterocycles. The average Bonchev–Trinajstić information content (AvgIpc) is 3.35. The van der Waals surface area contributed by atoms with E-state index < -0.39 is 23.6 Å². The quantitative estimate of drug-likeness (QED) is 0.413. The van der Waals surface area contributed by atoms with Crippen molar-refractivity contribution in [3.8, 4) is 5.75 Å². The van der Waals surface area contributed by atoms with Gasteiger partial charge in [0.05, 0.1) is 7.11 Å². The van der Waals surface area contributed by atoms with Gasteiger partial charge in [0.1, 0.15) is 23.4 Å². The van der Waals surface area contributed by atoms with E-state index in [4.69, 9.17) is 4.74 Å². The Morgan fingerprint density at radius 2 is 1.72 bits per heavy atom. The summed E-state index contributed by atoms with van der Waals surface area (Å²) >= 11 is 0. The van der Waals surface area contributed by atoms with Gasteiger partial charge in [-0.15, -0.1) is 0 Å². The van der Waals surface area contributed by atoms with Crippen molar-refractivity contribution in [3.05, 3.63) is 71.4 Å². The number of aliphatic carboxylic acids is 1. The van der Waals surface area contributed by atoms with E-state index in [1.165, 1.54) is 23.1 Å². The van der Waals surface area contributed by atoms with E-state index >= 15 is 0 Å². The Morgan fingerprint density at radius 1 is 1.03 bits per heavy atom. The van der Waals surface area contributed by atoms with Crippen LogP contribution in [0.1, 0.15) is 42.7 Å². The Hall–Kier alpha value is -3.72. The lowest BCUT2D eigenvalue weighted by Gasteiger charge is -2.41. The normalized spacial score (nSPS) is 18.6. The van der Waals surface area contributed by atoms with E-state index in [9.17, 15) is 23.5 Å². The highest BCUT2D eigenvalue weighted by atomic mass is 19.1. The zero-order valence-corrected chi connectivity index (χ0v) is 21.9. The molecule has 5 rings (SSSR count). The number of piperidine rings is 2. The largest absolute Gasteiger partial charge is 0.497 e. The van der Waals surface area contributed by atoms with Crippen LogP contribution in [0.25, 0.3) is 17.0 Å². The Labute approximate surface area is 226 Å². The van der Waals surface area contributed by atoms with Crippen LogP contribution < -0.4 is 4.74 Å². The van der Waals surface area contributed by atoms with Gasteiger partial charge in [0.25, 0.3) is 0 Å². The Morgan fingerprint density at radius 3 is 2.36 bits per heavy atom. The minimum absolute atomic E-state index is 0.0510. The molecule has 2 saturated heterocycles. The number of aromatic amines is 1. The molecule has 1 amide bonds. The third-order valence-corrected chi connectivity index (χ3v) is 8.14. The number of methoxy groups -OCH3 is 1. The summed E-state index contributed by atoms with van der Waals surface area (Å²) in [6, 6.07) is 8.55. The van der Waals surface area contributed by atoms with Crippen molar-refractivity contribution in [3.63, 3.8) is 0 Å². The molecule has 3 aromatic rings. The highest BCUT2D eigenvalue weighted by molar-refractivity contribution is 5.92. The second-order valence-corrected chi connectivity index (χ2v) is 10.4. The minimum Gasteiger partial charge on any atom is -0.497 e. The number of nitrogens with one attached hydrogen (secondary N) is 1. The monoisotopic (exact) mass is 537 g/mol. The van der Waals surface area contributed by atoms with Gasteiger partial charge in [-0.1, -0.05) is 0 Å². The number of carbonyl (C=O) groups excluding carboxylic acids is 1. The second kappa shape index (κ2) is 11.6. The van der Waals surface area contributed by atoms with E-state index in [1.807, 2.05) is 12.1 Å². The van der Waals surface area contributed by atoms with Gasteiger partial charge in [0, 0.05) is 48.4 Å². The van der Waals surface area contributed by atoms with Gasteiger partial charge < -0.3 is 19.7 Å². The first kappa shape index (κ1) is 26.9. The molecule has 2 N–H and O–H groups in total. The van der Waals surface area contributed by atoms with Crippen molar-refractivity contribution in [2.45, 2.75) is 37.6 Å². The summed E-state index contributed by atoms with van der Waals surface area (Å²) in [5.74, 6) is -1.35. The molecular formula is C30H33F2N3O4. The van der Waals surface area contributed by atoms with Gasteiger partial charge >= 0.3 is 5.97 Å². The van der Waals surface area contributed by atoms with Crippen molar-refractivity contribution in [2.24, 2.45) is 5.92 Å². The molecule has 39 heavy (non-hydrogen) atoms. The molecule has 2 aliphatic rings. The van der Waals surface area contributed by atoms with Crippen LogP contribution in [0.3, 0.4) is 0 Å². The van der Waals surface area contributed by atoms with Gasteiger partial charge in [-0.2, -0.15) is 0 Å². The molecule has 0 aliphatic carbocycles. The maximum atomic E-state index is 13.4. The number of likely N-dealkylation sites (tertiary alicyclic amines) is 2. The topological polar surface area (TPSA) is 85.9 Å². The van der Waals surface area contributed by atoms with Crippen LogP contribution in [0.5, 0.6) is 5.75 Å². The molecule has 7 nitrogen and oxygen atoms in total. The zero-order valence-electron chi connectivity index (χ0n) is 21.9. The first-order valence-electron chi connectivity index (χ1n) is 13.4. The third-order valence-electron chi connectivity index (χ3n) is 8.14. The molecule has 1 unspecified atom stereocenters. The lowest BCUT2D eigenvalue weighted by molar-refractivity contribution is -0.147. The first-order chi connectivity index (χ1) is 18.8. The second-order valence-electron chi connectivity index (χ2n) is 10.4. The van der Waals surface area contributed by atoms with E-state index in [0.717, 1.165) is 42.3 Å².